The molecule has 2 aromatic carbocycles. The third kappa shape index (κ3) is 5.31. The lowest BCUT2D eigenvalue weighted by Crippen LogP contribution is -2.30. The Hall–Kier alpha value is -1.85. The van der Waals surface area contributed by atoms with Gasteiger partial charge in [0.05, 0.1) is 13.7 Å². The number of aryl methyl sites for hydroxylation is 2. The molecule has 0 saturated carbocycles. The molecule has 134 valence electrons. The van der Waals surface area contributed by atoms with Gasteiger partial charge in [0.25, 0.3) is 0 Å². The molecule has 5 heteroatoms. The minimum atomic E-state index is -0.0135. The Balaban J connectivity index is 2.03. The first-order chi connectivity index (χ1) is 11.9. The van der Waals surface area contributed by atoms with E-state index in [-0.39, 0.29) is 5.91 Å². The van der Waals surface area contributed by atoms with Crippen molar-refractivity contribution < 1.29 is 9.53 Å². The zero-order valence-electron chi connectivity index (χ0n) is 15.2. The molecular formula is C20H25BrN2O2. The first-order valence-electron chi connectivity index (χ1n) is 8.33. The predicted octanol–water partition coefficient (Wildman–Crippen LogP) is 4.40. The van der Waals surface area contributed by atoms with Gasteiger partial charge in [-0.2, -0.15) is 0 Å². The molecule has 0 unspecified atom stereocenters. The molecule has 0 atom stereocenters. The number of hydrogen-bond donors (Lipinski definition) is 1. The van der Waals surface area contributed by atoms with Gasteiger partial charge in [-0.3, -0.25) is 9.69 Å². The van der Waals surface area contributed by atoms with Crippen LogP contribution in [0.3, 0.4) is 0 Å². The Labute approximate surface area is 158 Å². The van der Waals surface area contributed by atoms with E-state index in [9.17, 15) is 4.79 Å². The highest BCUT2D eigenvalue weighted by Crippen LogP contribution is 2.24. The largest absolute Gasteiger partial charge is 0.496 e. The summed E-state index contributed by atoms with van der Waals surface area (Å²) in [5.74, 6) is 0.808. The Morgan fingerprint density at radius 2 is 2.00 bits per heavy atom. The van der Waals surface area contributed by atoms with Crippen LogP contribution in [0, 0.1) is 6.92 Å². The lowest BCUT2D eigenvalue weighted by molar-refractivity contribution is -0.117. The van der Waals surface area contributed by atoms with Gasteiger partial charge < -0.3 is 10.1 Å². The lowest BCUT2D eigenvalue weighted by atomic mass is 10.1. The van der Waals surface area contributed by atoms with Crippen LogP contribution in [0.4, 0.5) is 5.69 Å². The van der Waals surface area contributed by atoms with Gasteiger partial charge in [0.2, 0.25) is 5.91 Å². The summed E-state index contributed by atoms with van der Waals surface area (Å²) in [4.78, 5) is 14.4. The Kier molecular flexibility index (Phi) is 7.02. The van der Waals surface area contributed by atoms with Crippen molar-refractivity contribution in [3.63, 3.8) is 0 Å². The van der Waals surface area contributed by atoms with Crippen LogP contribution in [0.5, 0.6) is 5.75 Å². The molecule has 0 fully saturated rings. The second kappa shape index (κ2) is 9.02. The van der Waals surface area contributed by atoms with Gasteiger partial charge in [-0.15, -0.1) is 0 Å². The van der Waals surface area contributed by atoms with Crippen molar-refractivity contribution in [1.29, 1.82) is 0 Å². The van der Waals surface area contributed by atoms with E-state index in [0.29, 0.717) is 13.1 Å². The van der Waals surface area contributed by atoms with Crippen LogP contribution in [0.25, 0.3) is 0 Å². The molecule has 0 bridgehead atoms. The normalized spacial score (nSPS) is 10.8. The molecule has 1 amide bonds. The van der Waals surface area contributed by atoms with E-state index < -0.39 is 0 Å². The molecule has 1 N–H and O–H groups in total. The molecule has 2 aromatic rings. The smallest absolute Gasteiger partial charge is 0.238 e. The number of carbonyl (C=O) groups excluding carboxylic acids is 1. The SMILES string of the molecule is CCc1cccc(C)c1NC(=O)CN(C)Cc1cc(Br)ccc1OC. The monoisotopic (exact) mass is 404 g/mol. The van der Waals surface area contributed by atoms with Gasteiger partial charge in [0.15, 0.2) is 0 Å². The average Bonchev–Trinajstić information content (AvgIpc) is 2.56. The van der Waals surface area contributed by atoms with Gasteiger partial charge in [0, 0.05) is 22.3 Å². The number of benzene rings is 2. The van der Waals surface area contributed by atoms with Crippen LogP contribution in [-0.4, -0.2) is 31.5 Å². The first kappa shape index (κ1) is 19.5. The fourth-order valence-electron chi connectivity index (χ4n) is 2.84. The third-order valence-electron chi connectivity index (χ3n) is 4.10. The van der Waals surface area contributed by atoms with Gasteiger partial charge in [-0.25, -0.2) is 0 Å². The van der Waals surface area contributed by atoms with Crippen LogP contribution < -0.4 is 10.1 Å². The van der Waals surface area contributed by atoms with Crippen molar-refractivity contribution in [1.82, 2.24) is 4.90 Å². The summed E-state index contributed by atoms with van der Waals surface area (Å²) in [7, 11) is 3.59. The standard InChI is InChI=1S/C20H25BrN2O2/c1-5-15-8-6-7-14(2)20(15)22-19(24)13-23(3)12-16-11-17(21)9-10-18(16)25-4/h6-11H,5,12-13H2,1-4H3,(H,22,24). The zero-order chi connectivity index (χ0) is 18.4. The van der Waals surface area contributed by atoms with E-state index >= 15 is 0 Å². The predicted molar refractivity (Wildman–Crippen MR) is 106 cm³/mol. The average molecular weight is 405 g/mol. The first-order valence-corrected chi connectivity index (χ1v) is 9.13. The number of amides is 1. The summed E-state index contributed by atoms with van der Waals surface area (Å²) in [5, 5.41) is 3.07. The van der Waals surface area contributed by atoms with Crippen LogP contribution in [0.2, 0.25) is 0 Å². The fraction of sp³-hybridized carbons (Fsp3) is 0.350. The number of nitrogens with one attached hydrogen (secondary N) is 1. The minimum absolute atomic E-state index is 0.0135. The Morgan fingerprint density at radius 3 is 2.68 bits per heavy atom. The van der Waals surface area contributed by atoms with Gasteiger partial charge >= 0.3 is 0 Å². The number of carbonyl (C=O) groups is 1. The molecular weight excluding hydrogens is 380 g/mol. The molecule has 4 nitrogen and oxygen atoms in total. The van der Waals surface area contributed by atoms with Crippen LogP contribution in [0.15, 0.2) is 40.9 Å². The van der Waals surface area contributed by atoms with Crippen molar-refractivity contribution in [2.24, 2.45) is 0 Å². The quantitative estimate of drug-likeness (QED) is 0.743. The maximum atomic E-state index is 12.5. The molecule has 0 aliphatic carbocycles. The van der Waals surface area contributed by atoms with E-state index in [1.54, 1.807) is 7.11 Å². The van der Waals surface area contributed by atoms with Crippen molar-refractivity contribution in [3.8, 4) is 5.75 Å². The summed E-state index contributed by atoms with van der Waals surface area (Å²) in [5.41, 5.74) is 4.22. The lowest BCUT2D eigenvalue weighted by Gasteiger charge is -2.19. The van der Waals surface area contributed by atoms with E-state index in [1.807, 2.05) is 49.2 Å². The van der Waals surface area contributed by atoms with E-state index in [4.69, 9.17) is 4.74 Å². The number of hydrogen-bond acceptors (Lipinski definition) is 3. The number of ether oxygens (including phenoxy) is 1. The number of para-hydroxylation sites is 1. The molecule has 0 radical (unpaired) electrons. The van der Waals surface area contributed by atoms with E-state index in [1.165, 1.54) is 0 Å². The fourth-order valence-corrected chi connectivity index (χ4v) is 3.25. The molecule has 0 aromatic heterocycles. The second-order valence-electron chi connectivity index (χ2n) is 6.14. The molecule has 2 rings (SSSR count). The van der Waals surface area contributed by atoms with Crippen molar-refractivity contribution in [2.75, 3.05) is 26.0 Å². The number of likely N-dealkylation sites (N-methyl/N-ethyl adjacent to an activating group) is 1. The van der Waals surface area contributed by atoms with E-state index in [2.05, 4.69) is 34.2 Å². The third-order valence-corrected chi connectivity index (χ3v) is 4.59. The number of anilines is 1. The van der Waals surface area contributed by atoms with Gasteiger partial charge in [0.1, 0.15) is 5.75 Å². The topological polar surface area (TPSA) is 41.6 Å². The molecule has 0 heterocycles. The maximum absolute atomic E-state index is 12.5. The van der Waals surface area contributed by atoms with Gasteiger partial charge in [-0.05, 0) is 49.7 Å². The summed E-state index contributed by atoms with van der Waals surface area (Å²) in [6.07, 6.45) is 0.891. The van der Waals surface area contributed by atoms with Crippen molar-refractivity contribution in [2.45, 2.75) is 26.8 Å². The summed E-state index contributed by atoms with van der Waals surface area (Å²) in [6, 6.07) is 12.0. The highest BCUT2D eigenvalue weighted by atomic mass is 79.9. The minimum Gasteiger partial charge on any atom is -0.496 e. The molecule has 0 aliphatic rings. The molecule has 25 heavy (non-hydrogen) atoms. The Bertz CT molecular complexity index is 746. The molecule has 0 aliphatic heterocycles. The number of rotatable bonds is 7. The van der Waals surface area contributed by atoms with Gasteiger partial charge in [-0.1, -0.05) is 41.1 Å². The number of methoxy groups -OCH3 is 1. The van der Waals surface area contributed by atoms with Crippen LogP contribution >= 0.6 is 15.9 Å². The summed E-state index contributed by atoms with van der Waals surface area (Å²) < 4.78 is 6.39. The second-order valence-corrected chi connectivity index (χ2v) is 7.05. The van der Waals surface area contributed by atoms with Crippen molar-refractivity contribution >= 4 is 27.5 Å². The number of nitrogens with zero attached hydrogens (tertiary/aromatic N) is 1. The maximum Gasteiger partial charge on any atom is 0.238 e. The van der Waals surface area contributed by atoms with Crippen LogP contribution in [-0.2, 0) is 17.8 Å². The highest BCUT2D eigenvalue weighted by molar-refractivity contribution is 9.10. The van der Waals surface area contributed by atoms with Crippen molar-refractivity contribution in [3.05, 3.63) is 57.6 Å². The summed E-state index contributed by atoms with van der Waals surface area (Å²) in [6.45, 7) is 5.05. The highest BCUT2D eigenvalue weighted by Gasteiger charge is 2.13. The zero-order valence-corrected chi connectivity index (χ0v) is 16.8. The molecule has 0 saturated heterocycles. The molecule has 0 spiro atoms. The van der Waals surface area contributed by atoms with Crippen LogP contribution in [0.1, 0.15) is 23.6 Å². The van der Waals surface area contributed by atoms with E-state index in [0.717, 1.165) is 39.0 Å². The number of halogens is 1. The Morgan fingerprint density at radius 1 is 1.24 bits per heavy atom. The summed E-state index contributed by atoms with van der Waals surface area (Å²) >= 11 is 3.48.